The van der Waals surface area contributed by atoms with Crippen molar-refractivity contribution in [2.45, 2.75) is 46.0 Å². The topological polar surface area (TPSA) is 87.6 Å². The lowest BCUT2D eigenvalue weighted by atomic mass is 10.2. The Hall–Kier alpha value is -1.76. The fourth-order valence-electron chi connectivity index (χ4n) is 2.02. The van der Waals surface area contributed by atoms with Gasteiger partial charge in [-0.05, 0) is 20.8 Å². The predicted molar refractivity (Wildman–Crippen MR) is 67.6 cm³/mol. The van der Waals surface area contributed by atoms with Crippen LogP contribution in [0.5, 0.6) is 0 Å². The maximum Gasteiger partial charge on any atom is 0.410 e. The van der Waals surface area contributed by atoms with E-state index in [1.807, 2.05) is 0 Å². The van der Waals surface area contributed by atoms with Crippen molar-refractivity contribution in [3.63, 3.8) is 0 Å². The van der Waals surface area contributed by atoms with Crippen LogP contribution < -0.4 is 5.56 Å². The van der Waals surface area contributed by atoms with Gasteiger partial charge in [-0.15, -0.1) is 0 Å². The highest BCUT2D eigenvalue weighted by Gasteiger charge is 2.31. The molecule has 0 aromatic carbocycles. The minimum atomic E-state index is -0.551. The molecule has 0 radical (unpaired) electrons. The third kappa shape index (κ3) is 2.81. The summed E-state index contributed by atoms with van der Waals surface area (Å²) in [6, 6.07) is 0. The van der Waals surface area contributed by atoms with Gasteiger partial charge >= 0.3 is 6.09 Å². The molecule has 1 aromatic heterocycles. The molecule has 1 aromatic rings. The maximum absolute atomic E-state index is 11.9. The quantitative estimate of drug-likeness (QED) is 0.814. The Bertz CT molecular complexity index is 538. The largest absolute Gasteiger partial charge is 0.444 e. The molecule has 106 valence electrons. The van der Waals surface area contributed by atoms with Crippen molar-refractivity contribution in [2.24, 2.45) is 0 Å². The standard InChI is InChI=1S/C12H19N3O4/c1-12(2,3)19-11(18)14-6-8-9(7-14)13-15(4-5-16)10(8)17/h13,16H,4-7H2,1-3H3. The summed E-state index contributed by atoms with van der Waals surface area (Å²) < 4.78 is 6.62. The van der Waals surface area contributed by atoms with Crippen LogP contribution in [0.3, 0.4) is 0 Å². The smallest absolute Gasteiger partial charge is 0.410 e. The fraction of sp³-hybridized carbons (Fsp3) is 0.667. The van der Waals surface area contributed by atoms with Crippen molar-refractivity contribution in [1.29, 1.82) is 0 Å². The van der Waals surface area contributed by atoms with E-state index in [1.165, 1.54) is 9.58 Å². The summed E-state index contributed by atoms with van der Waals surface area (Å²) in [5, 5.41) is 11.7. The highest BCUT2D eigenvalue weighted by molar-refractivity contribution is 5.69. The number of aliphatic hydroxyl groups excluding tert-OH is 1. The second-order valence-corrected chi connectivity index (χ2v) is 5.59. The van der Waals surface area contributed by atoms with E-state index >= 15 is 0 Å². The second kappa shape index (κ2) is 4.73. The van der Waals surface area contributed by atoms with Gasteiger partial charge in [-0.25, -0.2) is 4.79 Å². The molecule has 2 N–H and O–H groups in total. The van der Waals surface area contributed by atoms with Crippen molar-refractivity contribution >= 4 is 6.09 Å². The van der Waals surface area contributed by atoms with E-state index < -0.39 is 11.7 Å². The normalized spacial score (nSPS) is 14.6. The van der Waals surface area contributed by atoms with E-state index in [-0.39, 0.29) is 25.3 Å². The van der Waals surface area contributed by atoms with Crippen LogP contribution in [0.2, 0.25) is 0 Å². The van der Waals surface area contributed by atoms with Gasteiger partial charge < -0.3 is 9.84 Å². The van der Waals surface area contributed by atoms with Crippen LogP contribution in [-0.4, -0.2) is 38.1 Å². The molecule has 0 saturated carbocycles. The molecule has 1 aliphatic heterocycles. The van der Waals surface area contributed by atoms with E-state index in [9.17, 15) is 9.59 Å². The predicted octanol–water partition coefficient (Wildman–Crippen LogP) is 0.419. The summed E-state index contributed by atoms with van der Waals surface area (Å²) in [6.07, 6.45) is -0.426. The molecule has 1 amide bonds. The third-order valence-corrected chi connectivity index (χ3v) is 2.81. The van der Waals surface area contributed by atoms with Crippen LogP contribution in [0.25, 0.3) is 0 Å². The van der Waals surface area contributed by atoms with Gasteiger partial charge in [-0.2, -0.15) is 0 Å². The van der Waals surface area contributed by atoms with Crippen LogP contribution in [0, 0.1) is 0 Å². The highest BCUT2D eigenvalue weighted by Crippen LogP contribution is 2.20. The second-order valence-electron chi connectivity index (χ2n) is 5.59. The van der Waals surface area contributed by atoms with E-state index in [1.54, 1.807) is 20.8 Å². The number of hydrogen-bond donors (Lipinski definition) is 2. The lowest BCUT2D eigenvalue weighted by Crippen LogP contribution is -2.34. The Morgan fingerprint density at radius 1 is 1.42 bits per heavy atom. The Kier molecular flexibility index (Phi) is 3.40. The molecule has 0 bridgehead atoms. The molecule has 2 rings (SSSR count). The van der Waals surface area contributed by atoms with Crippen LogP contribution in [-0.2, 0) is 24.4 Å². The number of nitrogens with zero attached hydrogens (tertiary/aromatic N) is 2. The average molecular weight is 269 g/mol. The number of H-pyrrole nitrogens is 1. The summed E-state index contributed by atoms with van der Waals surface area (Å²) in [6.45, 7) is 6.11. The first-order valence-electron chi connectivity index (χ1n) is 6.21. The number of carbonyl (C=O) groups excluding carboxylic acids is 1. The van der Waals surface area contributed by atoms with Gasteiger partial charge in [-0.1, -0.05) is 0 Å². The zero-order valence-corrected chi connectivity index (χ0v) is 11.4. The first-order chi connectivity index (χ1) is 8.81. The van der Waals surface area contributed by atoms with Crippen LogP contribution in [0.1, 0.15) is 32.0 Å². The molecule has 7 nitrogen and oxygen atoms in total. The number of hydrogen-bond acceptors (Lipinski definition) is 4. The van der Waals surface area contributed by atoms with Gasteiger partial charge in [0.05, 0.1) is 37.5 Å². The number of ether oxygens (including phenoxy) is 1. The molecule has 0 atom stereocenters. The number of rotatable bonds is 2. The lowest BCUT2D eigenvalue weighted by Gasteiger charge is -2.24. The van der Waals surface area contributed by atoms with Crippen molar-refractivity contribution in [2.75, 3.05) is 6.61 Å². The zero-order chi connectivity index (χ0) is 14.2. The van der Waals surface area contributed by atoms with Crippen LogP contribution in [0.4, 0.5) is 4.79 Å². The van der Waals surface area contributed by atoms with E-state index in [4.69, 9.17) is 9.84 Å². The van der Waals surface area contributed by atoms with Gasteiger partial charge in [0, 0.05) is 0 Å². The molecule has 2 heterocycles. The Morgan fingerprint density at radius 3 is 2.63 bits per heavy atom. The summed E-state index contributed by atoms with van der Waals surface area (Å²) in [7, 11) is 0. The SMILES string of the molecule is CC(C)(C)OC(=O)N1Cc2[nH]n(CCO)c(=O)c2C1. The van der Waals surface area contributed by atoms with Gasteiger partial charge in [0.15, 0.2) is 0 Å². The summed E-state index contributed by atoms with van der Waals surface area (Å²) in [5.41, 5.74) is 0.545. The first-order valence-corrected chi connectivity index (χ1v) is 6.21. The molecule has 7 heteroatoms. The Morgan fingerprint density at radius 2 is 2.11 bits per heavy atom. The Labute approximate surface area is 110 Å². The van der Waals surface area contributed by atoms with E-state index in [2.05, 4.69) is 5.10 Å². The highest BCUT2D eigenvalue weighted by atomic mass is 16.6. The van der Waals surface area contributed by atoms with Crippen LogP contribution in [0.15, 0.2) is 4.79 Å². The average Bonchev–Trinajstić information content (AvgIpc) is 2.79. The molecular formula is C12H19N3O4. The number of fused-ring (bicyclic) bond motifs is 1. The third-order valence-electron chi connectivity index (χ3n) is 2.81. The molecular weight excluding hydrogens is 250 g/mol. The molecule has 0 fully saturated rings. The van der Waals surface area contributed by atoms with Crippen LogP contribution >= 0.6 is 0 Å². The molecule has 0 unspecified atom stereocenters. The summed E-state index contributed by atoms with van der Waals surface area (Å²) >= 11 is 0. The molecule has 19 heavy (non-hydrogen) atoms. The van der Waals surface area contributed by atoms with Gasteiger partial charge in [0.25, 0.3) is 5.56 Å². The Balaban J connectivity index is 2.09. The maximum atomic E-state index is 11.9. The monoisotopic (exact) mass is 269 g/mol. The number of nitrogens with one attached hydrogen (secondary N) is 1. The van der Waals surface area contributed by atoms with Crippen molar-refractivity contribution < 1.29 is 14.6 Å². The minimum absolute atomic E-state index is 0.102. The zero-order valence-electron chi connectivity index (χ0n) is 11.4. The molecule has 0 aliphatic carbocycles. The lowest BCUT2D eigenvalue weighted by molar-refractivity contribution is 0.0238. The van der Waals surface area contributed by atoms with Gasteiger partial charge in [0.2, 0.25) is 0 Å². The summed E-state index contributed by atoms with van der Waals surface area (Å²) in [4.78, 5) is 25.3. The first kappa shape index (κ1) is 13.7. The van der Waals surface area contributed by atoms with Crippen molar-refractivity contribution in [1.82, 2.24) is 14.7 Å². The number of amides is 1. The molecule has 0 saturated heterocycles. The van der Waals surface area contributed by atoms with E-state index in [0.717, 1.165) is 0 Å². The van der Waals surface area contributed by atoms with Gasteiger partial charge in [0.1, 0.15) is 5.60 Å². The molecule has 0 spiro atoms. The molecule has 1 aliphatic rings. The number of carbonyl (C=O) groups is 1. The van der Waals surface area contributed by atoms with Crippen molar-refractivity contribution in [3.8, 4) is 0 Å². The van der Waals surface area contributed by atoms with E-state index in [0.29, 0.717) is 17.8 Å². The number of aromatic nitrogens is 2. The van der Waals surface area contributed by atoms with Crippen molar-refractivity contribution in [3.05, 3.63) is 21.6 Å². The minimum Gasteiger partial charge on any atom is -0.444 e. The fourth-order valence-corrected chi connectivity index (χ4v) is 2.02. The summed E-state index contributed by atoms with van der Waals surface area (Å²) in [5.74, 6) is 0. The number of aliphatic hydroxyl groups is 1. The van der Waals surface area contributed by atoms with Gasteiger partial charge in [-0.3, -0.25) is 19.5 Å². The number of aromatic amines is 1.